The number of furan rings is 2. The van der Waals surface area contributed by atoms with Crippen molar-refractivity contribution >= 4 is 87.0 Å². The Kier molecular flexibility index (Phi) is 6.09. The fraction of sp³-hybridized carbons (Fsp3) is 0. The summed E-state index contributed by atoms with van der Waals surface area (Å²) in [4.78, 5) is 0. The molecule has 0 radical (unpaired) electrons. The van der Waals surface area contributed by atoms with Gasteiger partial charge in [0.2, 0.25) is 0 Å². The van der Waals surface area contributed by atoms with Crippen LogP contribution in [0.3, 0.4) is 0 Å². The van der Waals surface area contributed by atoms with Gasteiger partial charge in [-0.1, -0.05) is 146 Å². The van der Waals surface area contributed by atoms with Crippen LogP contribution < -0.4 is 0 Å². The Balaban J connectivity index is 1.04. The molecule has 0 bridgehead atoms. The zero-order chi connectivity index (χ0) is 35.3. The highest BCUT2D eigenvalue weighted by Crippen LogP contribution is 2.46. The first-order valence-electron chi connectivity index (χ1n) is 18.5. The predicted molar refractivity (Wildman–Crippen MR) is 227 cm³/mol. The van der Waals surface area contributed by atoms with Crippen molar-refractivity contribution in [2.24, 2.45) is 0 Å². The monoisotopic (exact) mass is 686 g/mol. The largest absolute Gasteiger partial charge is 0.455 e. The van der Waals surface area contributed by atoms with Crippen LogP contribution in [0, 0.1) is 0 Å². The van der Waals surface area contributed by atoms with Gasteiger partial charge in [-0.3, -0.25) is 0 Å². The molecule has 0 atom stereocenters. The third kappa shape index (κ3) is 4.17. The van der Waals surface area contributed by atoms with Gasteiger partial charge < -0.3 is 8.83 Å². The summed E-state index contributed by atoms with van der Waals surface area (Å²) in [5.74, 6) is 0. The molecule has 2 nitrogen and oxygen atoms in total. The normalized spacial score (nSPS) is 12.1. The average Bonchev–Trinajstić information content (AvgIpc) is 3.81. The summed E-state index contributed by atoms with van der Waals surface area (Å²) in [7, 11) is 0. The minimum absolute atomic E-state index is 0.840. The first-order valence-corrected chi connectivity index (χ1v) is 18.5. The maximum absolute atomic E-state index is 6.76. The van der Waals surface area contributed by atoms with E-state index in [0.29, 0.717) is 0 Å². The number of rotatable bonds is 3. The van der Waals surface area contributed by atoms with E-state index < -0.39 is 0 Å². The summed E-state index contributed by atoms with van der Waals surface area (Å²) >= 11 is 0. The highest BCUT2D eigenvalue weighted by atomic mass is 16.3. The van der Waals surface area contributed by atoms with Gasteiger partial charge in [0.05, 0.1) is 5.39 Å². The van der Waals surface area contributed by atoms with E-state index in [0.717, 1.165) is 60.4 Å². The molecule has 10 aromatic carbocycles. The van der Waals surface area contributed by atoms with Crippen LogP contribution in [0.4, 0.5) is 0 Å². The number of hydrogen-bond acceptors (Lipinski definition) is 2. The smallest absolute Gasteiger partial charge is 0.147 e. The lowest BCUT2D eigenvalue weighted by Crippen LogP contribution is -1.92. The first kappa shape index (κ1) is 29.4. The average molecular weight is 687 g/mol. The van der Waals surface area contributed by atoms with Crippen molar-refractivity contribution in [3.63, 3.8) is 0 Å². The van der Waals surface area contributed by atoms with E-state index in [2.05, 4.69) is 182 Å². The van der Waals surface area contributed by atoms with E-state index in [1.165, 1.54) is 60.0 Å². The molecule has 0 amide bonds. The third-order valence-electron chi connectivity index (χ3n) is 11.4. The zero-order valence-electron chi connectivity index (χ0n) is 29.1. The molecule has 0 aliphatic heterocycles. The minimum Gasteiger partial charge on any atom is -0.455 e. The van der Waals surface area contributed by atoms with Crippen LogP contribution in [0.25, 0.3) is 120 Å². The zero-order valence-corrected chi connectivity index (χ0v) is 29.1. The number of fused-ring (bicyclic) bond motifs is 12. The highest BCUT2D eigenvalue weighted by Gasteiger charge is 2.20. The Morgan fingerprint density at radius 3 is 1.61 bits per heavy atom. The summed E-state index contributed by atoms with van der Waals surface area (Å²) in [6.45, 7) is 0. The molecule has 0 saturated carbocycles. The van der Waals surface area contributed by atoms with Gasteiger partial charge in [0.1, 0.15) is 22.3 Å². The lowest BCUT2D eigenvalue weighted by atomic mass is 9.84. The van der Waals surface area contributed by atoms with Crippen LogP contribution in [0.1, 0.15) is 0 Å². The fourth-order valence-electron chi connectivity index (χ4n) is 9.03. The summed E-state index contributed by atoms with van der Waals surface area (Å²) in [6, 6.07) is 65.6. The molecule has 0 aliphatic rings. The molecular formula is C52H30O2. The van der Waals surface area contributed by atoms with Crippen LogP contribution in [-0.2, 0) is 0 Å². The van der Waals surface area contributed by atoms with Crippen molar-refractivity contribution in [1.82, 2.24) is 0 Å². The lowest BCUT2D eigenvalue weighted by molar-refractivity contribution is 0.665. The molecule has 0 unspecified atom stereocenters. The Hall–Kier alpha value is -7.16. The van der Waals surface area contributed by atoms with Crippen molar-refractivity contribution in [3.8, 4) is 33.4 Å². The van der Waals surface area contributed by atoms with E-state index in [1.807, 2.05) is 0 Å². The Labute approximate surface area is 310 Å². The van der Waals surface area contributed by atoms with Crippen molar-refractivity contribution in [1.29, 1.82) is 0 Å². The van der Waals surface area contributed by atoms with Crippen LogP contribution in [-0.4, -0.2) is 0 Å². The van der Waals surface area contributed by atoms with Crippen molar-refractivity contribution in [2.75, 3.05) is 0 Å². The van der Waals surface area contributed by atoms with E-state index in [1.54, 1.807) is 0 Å². The van der Waals surface area contributed by atoms with E-state index >= 15 is 0 Å². The standard InChI is InChI=1S/C52H30O2/c1-3-16-36-31(11-1)13-10-22-39(36)49-42-20-7-5-18-40(42)48(41-19-6-8-21-43(41)49)35-15-9-14-33(29-35)34-24-25-38-44-27-28-46-50(52(44)54-47(38)30-34)45-26-23-32-12-2-4-17-37(32)51(45)53-46/h1-30H. The molecule has 2 heterocycles. The number of hydrogen-bond donors (Lipinski definition) is 0. The highest BCUT2D eigenvalue weighted by molar-refractivity contribution is 6.26. The van der Waals surface area contributed by atoms with Crippen LogP contribution in [0.5, 0.6) is 0 Å². The van der Waals surface area contributed by atoms with Crippen LogP contribution in [0.2, 0.25) is 0 Å². The molecule has 2 heteroatoms. The Morgan fingerprint density at radius 2 is 0.833 bits per heavy atom. The van der Waals surface area contributed by atoms with Crippen LogP contribution in [0.15, 0.2) is 191 Å². The van der Waals surface area contributed by atoms with Gasteiger partial charge in [-0.15, -0.1) is 0 Å². The molecule has 0 fully saturated rings. The van der Waals surface area contributed by atoms with Gasteiger partial charge in [0.25, 0.3) is 0 Å². The second kappa shape index (κ2) is 11.2. The van der Waals surface area contributed by atoms with Crippen LogP contribution >= 0.6 is 0 Å². The Bertz CT molecular complexity index is 3440. The van der Waals surface area contributed by atoms with Gasteiger partial charge in [-0.2, -0.15) is 0 Å². The SMILES string of the molecule is c1cc(-c2ccc3c(c2)oc2c3ccc3oc4c5ccccc5ccc4c32)cc(-c2c3ccccc3c(-c3cccc4ccccc34)c3ccccc23)c1. The second-order valence-electron chi connectivity index (χ2n) is 14.3. The molecule has 2 aromatic heterocycles. The topological polar surface area (TPSA) is 26.3 Å². The van der Waals surface area contributed by atoms with Gasteiger partial charge >= 0.3 is 0 Å². The maximum atomic E-state index is 6.76. The Morgan fingerprint density at radius 1 is 0.278 bits per heavy atom. The predicted octanol–water partition coefficient (Wildman–Crippen LogP) is 15.1. The summed E-state index contributed by atoms with van der Waals surface area (Å²) < 4.78 is 13.2. The second-order valence-corrected chi connectivity index (χ2v) is 14.3. The molecule has 0 spiro atoms. The molecule has 0 aliphatic carbocycles. The lowest BCUT2D eigenvalue weighted by Gasteiger charge is -2.19. The summed E-state index contributed by atoms with van der Waals surface area (Å²) in [5, 5.41) is 14.1. The number of benzene rings is 10. The molecule has 250 valence electrons. The summed E-state index contributed by atoms with van der Waals surface area (Å²) in [6.07, 6.45) is 0. The van der Waals surface area contributed by atoms with Gasteiger partial charge in [-0.25, -0.2) is 0 Å². The molecule has 0 N–H and O–H groups in total. The minimum atomic E-state index is 0.840. The molecule has 0 saturated heterocycles. The first-order chi connectivity index (χ1) is 26.8. The molecule has 54 heavy (non-hydrogen) atoms. The van der Waals surface area contributed by atoms with Gasteiger partial charge in [0, 0.05) is 21.5 Å². The maximum Gasteiger partial charge on any atom is 0.147 e. The quantitative estimate of drug-likeness (QED) is 0.173. The van der Waals surface area contributed by atoms with Gasteiger partial charge in [-0.05, 0) is 107 Å². The van der Waals surface area contributed by atoms with Crippen molar-refractivity contribution in [2.45, 2.75) is 0 Å². The molecule has 12 aromatic rings. The van der Waals surface area contributed by atoms with Gasteiger partial charge in [0.15, 0.2) is 0 Å². The third-order valence-corrected chi connectivity index (χ3v) is 11.4. The van der Waals surface area contributed by atoms with E-state index in [4.69, 9.17) is 8.83 Å². The molecule has 12 rings (SSSR count). The molecular weight excluding hydrogens is 657 g/mol. The van der Waals surface area contributed by atoms with Crippen molar-refractivity contribution < 1.29 is 8.83 Å². The van der Waals surface area contributed by atoms with Crippen molar-refractivity contribution in [3.05, 3.63) is 182 Å². The fourth-order valence-corrected chi connectivity index (χ4v) is 9.03. The summed E-state index contributed by atoms with van der Waals surface area (Å²) in [5.41, 5.74) is 10.7. The van der Waals surface area contributed by atoms with E-state index in [-0.39, 0.29) is 0 Å². The van der Waals surface area contributed by atoms with E-state index in [9.17, 15) is 0 Å².